The van der Waals surface area contributed by atoms with Crippen LogP contribution in [0.3, 0.4) is 0 Å². The second-order valence-corrected chi connectivity index (χ2v) is 6.45. The van der Waals surface area contributed by atoms with E-state index in [-0.39, 0.29) is 22.3 Å². The molecule has 0 unspecified atom stereocenters. The number of carbonyl (C=O) groups is 1. The summed E-state index contributed by atoms with van der Waals surface area (Å²) >= 11 is 0. The highest BCUT2D eigenvalue weighted by molar-refractivity contribution is 6.09. The quantitative estimate of drug-likeness (QED) is 0.724. The van der Waals surface area contributed by atoms with E-state index in [1.165, 1.54) is 26.4 Å². The van der Waals surface area contributed by atoms with Gasteiger partial charge >= 0.3 is 11.9 Å². The number of rotatable bonds is 3. The number of amides is 1. The fourth-order valence-corrected chi connectivity index (χ4v) is 3.00. The molecule has 152 valence electrons. The molecule has 0 radical (unpaired) electrons. The van der Waals surface area contributed by atoms with Gasteiger partial charge in [0.1, 0.15) is 5.39 Å². The average Bonchev–Trinajstić information content (AvgIpc) is 2.69. The van der Waals surface area contributed by atoms with Crippen LogP contribution in [-0.2, 0) is 26.7 Å². The molecule has 7 nitrogen and oxygen atoms in total. The Kier molecular flexibility index (Phi) is 5.04. The van der Waals surface area contributed by atoms with Gasteiger partial charge in [0.2, 0.25) is 0 Å². The molecule has 1 N–H and O–H groups in total. The zero-order valence-electron chi connectivity index (χ0n) is 15.8. The number of nitrogens with one attached hydrogen (secondary N) is 1. The zero-order chi connectivity index (χ0) is 21.5. The number of aryl methyl sites for hydroxylation is 2. The van der Waals surface area contributed by atoms with Crippen LogP contribution in [0, 0.1) is 0 Å². The van der Waals surface area contributed by atoms with Gasteiger partial charge in [0, 0.05) is 25.9 Å². The fourth-order valence-electron chi connectivity index (χ4n) is 3.00. The highest BCUT2D eigenvalue weighted by atomic mass is 19.4. The molecule has 0 aliphatic rings. The van der Waals surface area contributed by atoms with Gasteiger partial charge in [-0.25, -0.2) is 9.78 Å². The number of carbonyl (C=O) groups excluding carboxylic acids is 1. The summed E-state index contributed by atoms with van der Waals surface area (Å²) in [6, 6.07) is 3.97. The Morgan fingerprint density at radius 1 is 1.17 bits per heavy atom. The molecule has 2 aromatic heterocycles. The van der Waals surface area contributed by atoms with Crippen LogP contribution < -0.4 is 16.6 Å². The van der Waals surface area contributed by atoms with Gasteiger partial charge in [0.15, 0.2) is 5.65 Å². The molecule has 0 saturated heterocycles. The Bertz CT molecular complexity index is 1240. The first-order chi connectivity index (χ1) is 13.6. The molecule has 1 amide bonds. The minimum Gasteiger partial charge on any atom is -0.321 e. The molecular weight excluding hydrogens is 389 g/mol. The lowest BCUT2D eigenvalue weighted by atomic mass is 10.1. The Morgan fingerprint density at radius 3 is 2.48 bits per heavy atom. The maximum atomic E-state index is 12.9. The predicted octanol–water partition coefficient (Wildman–Crippen LogP) is 2.47. The molecule has 1 aromatic carbocycles. The van der Waals surface area contributed by atoms with Crippen LogP contribution in [0.15, 0.2) is 40.1 Å². The van der Waals surface area contributed by atoms with E-state index in [1.807, 2.05) is 0 Å². The number of halogens is 3. The molecule has 0 bridgehead atoms. The molecule has 3 aromatic rings. The number of hydrogen-bond acceptors (Lipinski definition) is 4. The van der Waals surface area contributed by atoms with Gasteiger partial charge in [-0.05, 0) is 30.2 Å². The number of pyridine rings is 1. The maximum absolute atomic E-state index is 12.9. The van der Waals surface area contributed by atoms with Crippen molar-refractivity contribution in [2.45, 2.75) is 19.5 Å². The van der Waals surface area contributed by atoms with E-state index in [0.717, 1.165) is 27.3 Å². The average molecular weight is 406 g/mol. The number of alkyl halides is 3. The fraction of sp³-hybridized carbons (Fsp3) is 0.263. The highest BCUT2D eigenvalue weighted by Crippen LogP contribution is 2.30. The van der Waals surface area contributed by atoms with Gasteiger partial charge in [-0.3, -0.25) is 18.7 Å². The summed E-state index contributed by atoms with van der Waals surface area (Å²) in [5.74, 6) is -0.811. The van der Waals surface area contributed by atoms with Crippen molar-refractivity contribution in [1.29, 1.82) is 0 Å². The van der Waals surface area contributed by atoms with Crippen LogP contribution in [0.1, 0.15) is 28.4 Å². The molecule has 0 fully saturated rings. The minimum atomic E-state index is -4.59. The topological polar surface area (TPSA) is 86.0 Å². The van der Waals surface area contributed by atoms with Crippen molar-refractivity contribution in [3.8, 4) is 0 Å². The molecule has 29 heavy (non-hydrogen) atoms. The molecule has 0 aliphatic heterocycles. The van der Waals surface area contributed by atoms with E-state index >= 15 is 0 Å². The minimum absolute atomic E-state index is 0.00859. The van der Waals surface area contributed by atoms with Gasteiger partial charge < -0.3 is 5.32 Å². The van der Waals surface area contributed by atoms with E-state index in [0.29, 0.717) is 12.0 Å². The van der Waals surface area contributed by atoms with Crippen molar-refractivity contribution >= 4 is 22.6 Å². The van der Waals surface area contributed by atoms with Crippen molar-refractivity contribution in [2.24, 2.45) is 14.1 Å². The summed E-state index contributed by atoms with van der Waals surface area (Å²) in [4.78, 5) is 41.7. The lowest BCUT2D eigenvalue weighted by Gasteiger charge is -2.15. The van der Waals surface area contributed by atoms with Crippen LogP contribution in [0.5, 0.6) is 0 Å². The molecule has 2 heterocycles. The van der Waals surface area contributed by atoms with Crippen molar-refractivity contribution in [3.05, 3.63) is 68.0 Å². The third kappa shape index (κ3) is 3.53. The van der Waals surface area contributed by atoms with Crippen molar-refractivity contribution < 1.29 is 18.0 Å². The van der Waals surface area contributed by atoms with Crippen LogP contribution in [0.2, 0.25) is 0 Å². The lowest BCUT2D eigenvalue weighted by molar-refractivity contribution is -0.137. The number of aromatic nitrogens is 3. The van der Waals surface area contributed by atoms with Gasteiger partial charge in [0.05, 0.1) is 11.3 Å². The SMILES string of the molecule is CCc1cnc2c(c1NC(=O)c1cccc(C(F)(F)F)c1)c(=O)n(C)c(=O)n2C. The Balaban J connectivity index is 2.19. The second kappa shape index (κ2) is 7.19. The molecule has 3 rings (SSSR count). The normalized spacial score (nSPS) is 11.7. The largest absolute Gasteiger partial charge is 0.416 e. The molecule has 0 atom stereocenters. The number of benzene rings is 1. The van der Waals surface area contributed by atoms with Gasteiger partial charge in [0.25, 0.3) is 11.5 Å². The Morgan fingerprint density at radius 2 is 1.86 bits per heavy atom. The first-order valence-corrected chi connectivity index (χ1v) is 8.62. The molecule has 0 spiro atoms. The summed E-state index contributed by atoms with van der Waals surface area (Å²) in [6.45, 7) is 1.77. The van der Waals surface area contributed by atoms with E-state index < -0.39 is 28.9 Å². The van der Waals surface area contributed by atoms with Gasteiger partial charge in [-0.2, -0.15) is 13.2 Å². The maximum Gasteiger partial charge on any atom is 0.416 e. The molecule has 10 heteroatoms. The van der Waals surface area contributed by atoms with E-state index in [9.17, 15) is 27.6 Å². The van der Waals surface area contributed by atoms with Crippen molar-refractivity contribution in [2.75, 3.05) is 5.32 Å². The lowest BCUT2D eigenvalue weighted by Crippen LogP contribution is -2.38. The molecule has 0 saturated carbocycles. The van der Waals surface area contributed by atoms with Crippen molar-refractivity contribution in [3.63, 3.8) is 0 Å². The second-order valence-electron chi connectivity index (χ2n) is 6.45. The van der Waals surface area contributed by atoms with Crippen LogP contribution >= 0.6 is 0 Å². The third-order valence-electron chi connectivity index (χ3n) is 4.62. The third-order valence-corrected chi connectivity index (χ3v) is 4.62. The highest BCUT2D eigenvalue weighted by Gasteiger charge is 2.31. The summed E-state index contributed by atoms with van der Waals surface area (Å²) < 4.78 is 40.9. The number of anilines is 1. The van der Waals surface area contributed by atoms with Crippen molar-refractivity contribution in [1.82, 2.24) is 14.1 Å². The van der Waals surface area contributed by atoms with E-state index in [2.05, 4.69) is 10.3 Å². The molecule has 0 aliphatic carbocycles. The number of nitrogens with zero attached hydrogens (tertiary/aromatic N) is 3. The smallest absolute Gasteiger partial charge is 0.321 e. The Labute approximate surface area is 162 Å². The van der Waals surface area contributed by atoms with Gasteiger partial charge in [-0.1, -0.05) is 13.0 Å². The predicted molar refractivity (Wildman–Crippen MR) is 101 cm³/mol. The summed E-state index contributed by atoms with van der Waals surface area (Å²) in [6.07, 6.45) is -2.78. The van der Waals surface area contributed by atoms with Gasteiger partial charge in [-0.15, -0.1) is 0 Å². The first-order valence-electron chi connectivity index (χ1n) is 8.62. The molecular formula is C19H17F3N4O3. The summed E-state index contributed by atoms with van der Waals surface area (Å²) in [5, 5.41) is 2.55. The van der Waals surface area contributed by atoms with Crippen LogP contribution in [-0.4, -0.2) is 20.0 Å². The Hall–Kier alpha value is -3.43. The summed E-state index contributed by atoms with van der Waals surface area (Å²) in [5.41, 5.74) is -1.73. The van der Waals surface area contributed by atoms with E-state index in [4.69, 9.17) is 0 Å². The monoisotopic (exact) mass is 406 g/mol. The van der Waals surface area contributed by atoms with E-state index in [1.54, 1.807) is 6.92 Å². The standard InChI is InChI=1S/C19H17F3N4O3/c1-4-10-9-23-15-13(17(28)26(3)18(29)25(15)2)14(10)24-16(27)11-6-5-7-12(8-11)19(20,21)22/h5-9H,4H2,1-3H3,(H,23,24,27). The van der Waals surface area contributed by atoms with Crippen LogP contribution in [0.25, 0.3) is 11.0 Å². The zero-order valence-corrected chi connectivity index (χ0v) is 15.8. The number of fused-ring (bicyclic) bond motifs is 1. The summed E-state index contributed by atoms with van der Waals surface area (Å²) in [7, 11) is 2.72. The number of hydrogen-bond donors (Lipinski definition) is 1. The van der Waals surface area contributed by atoms with Crippen LogP contribution in [0.4, 0.5) is 18.9 Å². The first kappa shape index (κ1) is 20.3.